The molecule has 1 heterocycles. The van der Waals surface area contributed by atoms with Crippen LogP contribution in [0, 0.1) is 12.3 Å². The van der Waals surface area contributed by atoms with Crippen LogP contribution >= 0.6 is 0 Å². The van der Waals surface area contributed by atoms with Crippen molar-refractivity contribution in [3.05, 3.63) is 17.5 Å². The third-order valence-corrected chi connectivity index (χ3v) is 2.77. The van der Waals surface area contributed by atoms with E-state index in [1.165, 1.54) is 0 Å². The van der Waals surface area contributed by atoms with E-state index in [-0.39, 0.29) is 11.3 Å². The van der Waals surface area contributed by atoms with E-state index in [9.17, 15) is 4.79 Å². The summed E-state index contributed by atoms with van der Waals surface area (Å²) in [5.41, 5.74) is 6.98. The lowest BCUT2D eigenvalue weighted by Crippen LogP contribution is -2.42. The van der Waals surface area contributed by atoms with Crippen molar-refractivity contribution in [1.82, 2.24) is 15.1 Å². The predicted octanol–water partition coefficient (Wildman–Crippen LogP) is 1.17. The van der Waals surface area contributed by atoms with E-state index in [0.717, 1.165) is 5.69 Å². The maximum Gasteiger partial charge on any atom is 0.274 e. The van der Waals surface area contributed by atoms with Crippen LogP contribution in [0.25, 0.3) is 0 Å². The van der Waals surface area contributed by atoms with Crippen LogP contribution in [-0.4, -0.2) is 40.6 Å². The van der Waals surface area contributed by atoms with E-state index < -0.39 is 0 Å². The molecule has 0 bridgehead atoms. The van der Waals surface area contributed by atoms with Crippen molar-refractivity contribution in [3.8, 4) is 0 Å². The first-order chi connectivity index (χ1) is 7.89. The molecule has 1 amide bonds. The van der Waals surface area contributed by atoms with Crippen molar-refractivity contribution in [1.29, 1.82) is 0 Å². The molecule has 0 saturated carbocycles. The Morgan fingerprint density at radius 2 is 2.24 bits per heavy atom. The average molecular weight is 238 g/mol. The van der Waals surface area contributed by atoms with Crippen molar-refractivity contribution in [2.24, 2.45) is 11.1 Å². The summed E-state index contributed by atoms with van der Waals surface area (Å²) in [5.74, 6) is -0.0432. The molecular formula is C12H22N4O. The number of aryl methyl sites for hydroxylation is 1. The lowest BCUT2D eigenvalue weighted by molar-refractivity contribution is 0.0695. The van der Waals surface area contributed by atoms with Crippen LogP contribution in [0.5, 0.6) is 0 Å². The second-order valence-electron chi connectivity index (χ2n) is 5.12. The topological polar surface area (TPSA) is 75.0 Å². The van der Waals surface area contributed by atoms with Crippen LogP contribution < -0.4 is 5.73 Å². The standard InChI is InChI=1S/C12H22N4O/c1-5-16(8-12(3,4)7-13)11(17)10-6-9(2)14-15-10/h6H,5,7-8,13H2,1-4H3,(H,14,15). The molecule has 0 aromatic carbocycles. The molecule has 0 aliphatic heterocycles. The van der Waals surface area contributed by atoms with Crippen LogP contribution in [0.1, 0.15) is 37.0 Å². The predicted molar refractivity (Wildman–Crippen MR) is 67.7 cm³/mol. The molecule has 1 aromatic rings. The highest BCUT2D eigenvalue weighted by Gasteiger charge is 2.24. The lowest BCUT2D eigenvalue weighted by atomic mass is 9.93. The van der Waals surface area contributed by atoms with E-state index >= 15 is 0 Å². The third kappa shape index (κ3) is 3.56. The maximum absolute atomic E-state index is 12.2. The number of nitrogens with two attached hydrogens (primary N) is 1. The van der Waals surface area contributed by atoms with Gasteiger partial charge in [0.15, 0.2) is 0 Å². The first-order valence-electron chi connectivity index (χ1n) is 5.91. The molecule has 1 aromatic heterocycles. The summed E-state index contributed by atoms with van der Waals surface area (Å²) in [7, 11) is 0. The number of aromatic amines is 1. The summed E-state index contributed by atoms with van der Waals surface area (Å²) in [5, 5.41) is 6.78. The van der Waals surface area contributed by atoms with Gasteiger partial charge in [-0.2, -0.15) is 5.10 Å². The lowest BCUT2D eigenvalue weighted by Gasteiger charge is -2.30. The quantitative estimate of drug-likeness (QED) is 0.808. The Kier molecular flexibility index (Phi) is 4.28. The van der Waals surface area contributed by atoms with Gasteiger partial charge in [-0.05, 0) is 31.9 Å². The molecule has 5 nitrogen and oxygen atoms in total. The van der Waals surface area contributed by atoms with E-state index in [2.05, 4.69) is 24.0 Å². The fraction of sp³-hybridized carbons (Fsp3) is 0.667. The molecule has 96 valence electrons. The Bertz CT molecular complexity index is 384. The monoisotopic (exact) mass is 238 g/mol. The molecule has 5 heteroatoms. The highest BCUT2D eigenvalue weighted by Crippen LogP contribution is 2.16. The number of hydrogen-bond acceptors (Lipinski definition) is 3. The van der Waals surface area contributed by atoms with Gasteiger partial charge in [0, 0.05) is 18.8 Å². The van der Waals surface area contributed by atoms with Crippen molar-refractivity contribution >= 4 is 5.91 Å². The number of amides is 1. The summed E-state index contributed by atoms with van der Waals surface area (Å²) >= 11 is 0. The summed E-state index contributed by atoms with van der Waals surface area (Å²) < 4.78 is 0. The van der Waals surface area contributed by atoms with Gasteiger partial charge in [0.2, 0.25) is 0 Å². The Balaban J connectivity index is 2.78. The molecule has 0 aliphatic carbocycles. The summed E-state index contributed by atoms with van der Waals surface area (Å²) in [6.45, 7) is 9.81. The Morgan fingerprint density at radius 3 is 2.65 bits per heavy atom. The number of rotatable bonds is 5. The summed E-state index contributed by atoms with van der Waals surface area (Å²) in [4.78, 5) is 14.0. The minimum Gasteiger partial charge on any atom is -0.337 e. The Hall–Kier alpha value is -1.36. The number of carbonyl (C=O) groups is 1. The van der Waals surface area contributed by atoms with Crippen LogP contribution in [0.3, 0.4) is 0 Å². The highest BCUT2D eigenvalue weighted by molar-refractivity contribution is 5.92. The SMILES string of the molecule is CCN(CC(C)(C)CN)C(=O)c1cc(C)[nH]n1. The molecule has 3 N–H and O–H groups in total. The van der Waals surface area contributed by atoms with Crippen molar-refractivity contribution in [2.75, 3.05) is 19.6 Å². The van der Waals surface area contributed by atoms with Crippen molar-refractivity contribution < 1.29 is 4.79 Å². The number of aromatic nitrogens is 2. The van der Waals surface area contributed by atoms with Gasteiger partial charge in [-0.3, -0.25) is 9.89 Å². The maximum atomic E-state index is 12.2. The van der Waals surface area contributed by atoms with E-state index in [1.54, 1.807) is 11.0 Å². The molecule has 0 spiro atoms. The fourth-order valence-corrected chi connectivity index (χ4v) is 1.60. The van der Waals surface area contributed by atoms with E-state index in [1.807, 2.05) is 13.8 Å². The molecule has 1 rings (SSSR count). The number of hydrogen-bond donors (Lipinski definition) is 2. The van der Waals surface area contributed by atoms with Gasteiger partial charge in [0.25, 0.3) is 5.91 Å². The molecule has 0 saturated heterocycles. The van der Waals surface area contributed by atoms with E-state index in [0.29, 0.717) is 25.3 Å². The number of nitrogens with one attached hydrogen (secondary N) is 1. The third-order valence-electron chi connectivity index (χ3n) is 2.77. The molecule has 0 fully saturated rings. The minimum atomic E-state index is -0.0724. The molecule has 17 heavy (non-hydrogen) atoms. The normalized spacial score (nSPS) is 11.6. The van der Waals surface area contributed by atoms with Gasteiger partial charge in [0.1, 0.15) is 5.69 Å². The number of carbonyl (C=O) groups excluding carboxylic acids is 1. The van der Waals surface area contributed by atoms with Crippen molar-refractivity contribution in [2.45, 2.75) is 27.7 Å². The zero-order chi connectivity index (χ0) is 13.1. The van der Waals surface area contributed by atoms with Crippen LogP contribution in [0.4, 0.5) is 0 Å². The van der Waals surface area contributed by atoms with Gasteiger partial charge >= 0.3 is 0 Å². The second-order valence-corrected chi connectivity index (χ2v) is 5.12. The Morgan fingerprint density at radius 1 is 1.59 bits per heavy atom. The van der Waals surface area contributed by atoms with Crippen LogP contribution in [0.15, 0.2) is 6.07 Å². The smallest absolute Gasteiger partial charge is 0.274 e. The van der Waals surface area contributed by atoms with E-state index in [4.69, 9.17) is 5.73 Å². The van der Waals surface area contributed by atoms with Crippen molar-refractivity contribution in [3.63, 3.8) is 0 Å². The molecule has 0 radical (unpaired) electrons. The van der Waals surface area contributed by atoms with Gasteiger partial charge in [0.05, 0.1) is 0 Å². The van der Waals surface area contributed by atoms with Gasteiger partial charge in [-0.15, -0.1) is 0 Å². The first-order valence-corrected chi connectivity index (χ1v) is 5.91. The number of H-pyrrole nitrogens is 1. The largest absolute Gasteiger partial charge is 0.337 e. The molecule has 0 unspecified atom stereocenters. The molecule has 0 aliphatic rings. The fourth-order valence-electron chi connectivity index (χ4n) is 1.60. The Labute approximate surface area is 102 Å². The summed E-state index contributed by atoms with van der Waals surface area (Å²) in [6.07, 6.45) is 0. The van der Waals surface area contributed by atoms with Crippen LogP contribution in [-0.2, 0) is 0 Å². The zero-order valence-electron chi connectivity index (χ0n) is 11.1. The summed E-state index contributed by atoms with van der Waals surface area (Å²) in [6, 6.07) is 1.76. The highest BCUT2D eigenvalue weighted by atomic mass is 16.2. The van der Waals surface area contributed by atoms with Gasteiger partial charge < -0.3 is 10.6 Å². The first kappa shape index (κ1) is 13.7. The van der Waals surface area contributed by atoms with Gasteiger partial charge in [-0.1, -0.05) is 13.8 Å². The second kappa shape index (κ2) is 5.31. The van der Waals surface area contributed by atoms with Crippen LogP contribution in [0.2, 0.25) is 0 Å². The zero-order valence-corrected chi connectivity index (χ0v) is 11.1. The average Bonchev–Trinajstić information content (AvgIpc) is 2.72. The van der Waals surface area contributed by atoms with Gasteiger partial charge in [-0.25, -0.2) is 0 Å². The molecular weight excluding hydrogens is 216 g/mol. The molecule has 0 atom stereocenters. The number of nitrogens with zero attached hydrogens (tertiary/aromatic N) is 2. The minimum absolute atomic E-state index is 0.0432.